The standard InChI is InChI=1S/C16H12FN3O3/c17-11-3-1-2-10(8-11)14(21)18-12-6-4-9(5-7-12)13-15(22)20-16(23)19-13/h1-8,13H,(H,18,21)(H2,19,20,22,23). The molecule has 1 atom stereocenters. The van der Waals surface area contributed by atoms with Crippen LogP contribution in [0.5, 0.6) is 0 Å². The number of imide groups is 1. The Kier molecular flexibility index (Phi) is 3.76. The minimum absolute atomic E-state index is 0.205. The van der Waals surface area contributed by atoms with E-state index in [-0.39, 0.29) is 5.56 Å². The van der Waals surface area contributed by atoms with Gasteiger partial charge in [-0.3, -0.25) is 14.9 Å². The third kappa shape index (κ3) is 3.18. The molecule has 3 rings (SSSR count). The molecule has 3 N–H and O–H groups in total. The smallest absolute Gasteiger partial charge is 0.322 e. The van der Waals surface area contributed by atoms with Gasteiger partial charge in [0.05, 0.1) is 0 Å². The Bertz CT molecular complexity index is 789. The zero-order chi connectivity index (χ0) is 16.4. The van der Waals surface area contributed by atoms with Crippen molar-refractivity contribution in [2.24, 2.45) is 0 Å². The maximum atomic E-state index is 13.1. The molecule has 0 radical (unpaired) electrons. The molecular weight excluding hydrogens is 301 g/mol. The molecule has 4 amide bonds. The maximum absolute atomic E-state index is 13.1. The number of urea groups is 1. The van der Waals surface area contributed by atoms with E-state index in [0.29, 0.717) is 11.3 Å². The predicted molar refractivity (Wildman–Crippen MR) is 80.2 cm³/mol. The van der Waals surface area contributed by atoms with Crippen LogP contribution in [0.15, 0.2) is 48.5 Å². The summed E-state index contributed by atoms with van der Waals surface area (Å²) in [6, 6.07) is 10.5. The van der Waals surface area contributed by atoms with Crippen LogP contribution >= 0.6 is 0 Å². The van der Waals surface area contributed by atoms with Crippen LogP contribution in [0.25, 0.3) is 0 Å². The number of hydrogen-bond acceptors (Lipinski definition) is 3. The molecule has 7 heteroatoms. The molecule has 1 heterocycles. The van der Waals surface area contributed by atoms with Crippen LogP contribution in [0.3, 0.4) is 0 Å². The number of carbonyl (C=O) groups excluding carboxylic acids is 3. The summed E-state index contributed by atoms with van der Waals surface area (Å²) in [6.07, 6.45) is 0. The highest BCUT2D eigenvalue weighted by Crippen LogP contribution is 2.19. The van der Waals surface area contributed by atoms with Gasteiger partial charge in [-0.2, -0.15) is 0 Å². The number of benzene rings is 2. The number of amides is 4. The Balaban J connectivity index is 1.71. The van der Waals surface area contributed by atoms with Gasteiger partial charge in [0.1, 0.15) is 11.9 Å². The lowest BCUT2D eigenvalue weighted by molar-refractivity contribution is -0.120. The zero-order valence-electron chi connectivity index (χ0n) is 11.8. The highest BCUT2D eigenvalue weighted by molar-refractivity contribution is 6.05. The maximum Gasteiger partial charge on any atom is 0.322 e. The minimum Gasteiger partial charge on any atom is -0.322 e. The van der Waals surface area contributed by atoms with E-state index in [0.717, 1.165) is 6.07 Å². The molecule has 2 aromatic rings. The quantitative estimate of drug-likeness (QED) is 0.757. The molecule has 0 aromatic heterocycles. The van der Waals surface area contributed by atoms with E-state index in [1.54, 1.807) is 24.3 Å². The van der Waals surface area contributed by atoms with Crippen LogP contribution in [-0.2, 0) is 4.79 Å². The fourth-order valence-electron chi connectivity index (χ4n) is 2.24. The number of anilines is 1. The first-order valence-corrected chi connectivity index (χ1v) is 6.81. The summed E-state index contributed by atoms with van der Waals surface area (Å²) < 4.78 is 13.1. The summed E-state index contributed by atoms with van der Waals surface area (Å²) in [6.45, 7) is 0. The normalized spacial score (nSPS) is 16.7. The van der Waals surface area contributed by atoms with E-state index in [4.69, 9.17) is 0 Å². The molecule has 2 aromatic carbocycles. The number of carbonyl (C=O) groups is 3. The lowest BCUT2D eigenvalue weighted by Gasteiger charge is -2.09. The Labute approximate surface area is 130 Å². The van der Waals surface area contributed by atoms with E-state index < -0.39 is 29.7 Å². The molecule has 0 spiro atoms. The summed E-state index contributed by atoms with van der Waals surface area (Å²) in [5.74, 6) is -1.35. The number of halogens is 1. The van der Waals surface area contributed by atoms with Gasteiger partial charge in [0, 0.05) is 11.3 Å². The third-order valence-corrected chi connectivity index (χ3v) is 3.36. The van der Waals surface area contributed by atoms with E-state index in [2.05, 4.69) is 16.0 Å². The van der Waals surface area contributed by atoms with Crippen molar-refractivity contribution in [2.45, 2.75) is 6.04 Å². The van der Waals surface area contributed by atoms with Crippen molar-refractivity contribution in [1.29, 1.82) is 0 Å². The number of hydrogen-bond donors (Lipinski definition) is 3. The van der Waals surface area contributed by atoms with Gasteiger partial charge in [-0.05, 0) is 35.9 Å². The van der Waals surface area contributed by atoms with Gasteiger partial charge >= 0.3 is 6.03 Å². The summed E-state index contributed by atoms with van der Waals surface area (Å²) in [7, 11) is 0. The van der Waals surface area contributed by atoms with E-state index >= 15 is 0 Å². The van der Waals surface area contributed by atoms with Gasteiger partial charge in [0.2, 0.25) is 0 Å². The molecule has 1 fully saturated rings. The van der Waals surface area contributed by atoms with Gasteiger partial charge in [-0.1, -0.05) is 18.2 Å². The monoisotopic (exact) mass is 313 g/mol. The first-order chi connectivity index (χ1) is 11.0. The lowest BCUT2D eigenvalue weighted by Crippen LogP contribution is -2.22. The van der Waals surface area contributed by atoms with Crippen LogP contribution in [0.4, 0.5) is 14.9 Å². The van der Waals surface area contributed by atoms with Gasteiger partial charge < -0.3 is 10.6 Å². The fourth-order valence-corrected chi connectivity index (χ4v) is 2.24. The second-order valence-corrected chi connectivity index (χ2v) is 4.98. The van der Waals surface area contributed by atoms with Gasteiger partial charge in [-0.15, -0.1) is 0 Å². The molecule has 6 nitrogen and oxygen atoms in total. The van der Waals surface area contributed by atoms with Crippen LogP contribution in [0.2, 0.25) is 0 Å². The van der Waals surface area contributed by atoms with Crippen molar-refractivity contribution in [3.05, 3.63) is 65.5 Å². The van der Waals surface area contributed by atoms with Crippen LogP contribution in [0.1, 0.15) is 22.0 Å². The van der Waals surface area contributed by atoms with Crippen molar-refractivity contribution in [3.63, 3.8) is 0 Å². The van der Waals surface area contributed by atoms with Gasteiger partial charge in [0.15, 0.2) is 0 Å². The van der Waals surface area contributed by atoms with E-state index in [1.807, 2.05) is 0 Å². The van der Waals surface area contributed by atoms with Crippen molar-refractivity contribution in [1.82, 2.24) is 10.6 Å². The molecule has 0 bridgehead atoms. The topological polar surface area (TPSA) is 87.3 Å². The summed E-state index contributed by atoms with van der Waals surface area (Å²) in [5, 5.41) is 7.26. The molecular formula is C16H12FN3O3. The average molecular weight is 313 g/mol. The average Bonchev–Trinajstić information content (AvgIpc) is 2.86. The summed E-state index contributed by atoms with van der Waals surface area (Å²) in [5.41, 5.74) is 1.29. The molecule has 116 valence electrons. The molecule has 1 unspecified atom stereocenters. The molecule has 1 aliphatic rings. The number of nitrogens with one attached hydrogen (secondary N) is 3. The third-order valence-electron chi connectivity index (χ3n) is 3.36. The largest absolute Gasteiger partial charge is 0.322 e. The molecule has 0 aliphatic carbocycles. The highest BCUT2D eigenvalue weighted by atomic mass is 19.1. The van der Waals surface area contributed by atoms with Crippen molar-refractivity contribution >= 4 is 23.5 Å². The van der Waals surface area contributed by atoms with Crippen LogP contribution in [-0.4, -0.2) is 17.8 Å². The van der Waals surface area contributed by atoms with Crippen molar-refractivity contribution < 1.29 is 18.8 Å². The SMILES string of the molecule is O=C1NC(=O)C(c2ccc(NC(=O)c3cccc(F)c3)cc2)N1. The Hall–Kier alpha value is -3.22. The summed E-state index contributed by atoms with van der Waals surface area (Å²) >= 11 is 0. The second kappa shape index (κ2) is 5.88. The highest BCUT2D eigenvalue weighted by Gasteiger charge is 2.30. The van der Waals surface area contributed by atoms with Crippen molar-refractivity contribution in [2.75, 3.05) is 5.32 Å². The first kappa shape index (κ1) is 14.7. The lowest BCUT2D eigenvalue weighted by atomic mass is 10.1. The van der Waals surface area contributed by atoms with Gasteiger partial charge in [0.25, 0.3) is 11.8 Å². The van der Waals surface area contributed by atoms with Crippen molar-refractivity contribution in [3.8, 4) is 0 Å². The van der Waals surface area contributed by atoms with Gasteiger partial charge in [-0.25, -0.2) is 9.18 Å². The molecule has 0 saturated carbocycles. The molecule has 23 heavy (non-hydrogen) atoms. The first-order valence-electron chi connectivity index (χ1n) is 6.81. The zero-order valence-corrected chi connectivity index (χ0v) is 11.8. The van der Waals surface area contributed by atoms with E-state index in [9.17, 15) is 18.8 Å². The fraction of sp³-hybridized carbons (Fsp3) is 0.0625. The Morgan fingerprint density at radius 1 is 1.09 bits per heavy atom. The van der Waals surface area contributed by atoms with Crippen LogP contribution in [0, 0.1) is 5.82 Å². The summed E-state index contributed by atoms with van der Waals surface area (Å²) in [4.78, 5) is 34.7. The van der Waals surface area contributed by atoms with E-state index in [1.165, 1.54) is 18.2 Å². The van der Waals surface area contributed by atoms with Crippen LogP contribution < -0.4 is 16.0 Å². The minimum atomic E-state index is -0.740. The second-order valence-electron chi connectivity index (χ2n) is 4.98. The Morgan fingerprint density at radius 2 is 1.83 bits per heavy atom. The number of rotatable bonds is 3. The Morgan fingerprint density at radius 3 is 2.43 bits per heavy atom. The molecule has 1 saturated heterocycles. The predicted octanol–water partition coefficient (Wildman–Crippen LogP) is 1.96. The molecule has 1 aliphatic heterocycles.